The number of hydrogen-bond acceptors (Lipinski definition) is 4. The van der Waals surface area contributed by atoms with Gasteiger partial charge in [-0.1, -0.05) is 48.3 Å². The molecule has 1 saturated heterocycles. The van der Waals surface area contributed by atoms with Crippen LogP contribution in [0.25, 0.3) is 0 Å². The molecule has 7 nitrogen and oxygen atoms in total. The van der Waals surface area contributed by atoms with Crippen LogP contribution in [0, 0.1) is 5.92 Å². The zero-order valence-corrected chi connectivity index (χ0v) is 21.5. The number of nitrogens with zero attached hydrogens (tertiary/aromatic N) is 1. The zero-order valence-electron chi connectivity index (χ0n) is 19.2. The minimum atomic E-state index is -3.64. The van der Waals surface area contributed by atoms with E-state index in [-0.39, 0.29) is 42.6 Å². The fourth-order valence-electron chi connectivity index (χ4n) is 3.77. The van der Waals surface area contributed by atoms with Crippen LogP contribution in [0.2, 0.25) is 10.0 Å². The molecule has 0 bridgehead atoms. The Bertz CT molecular complexity index is 1130. The highest BCUT2D eigenvalue weighted by Crippen LogP contribution is 2.29. The fourth-order valence-corrected chi connectivity index (χ4v) is 6.08. The van der Waals surface area contributed by atoms with Crippen molar-refractivity contribution in [2.24, 2.45) is 5.92 Å². The Balaban J connectivity index is 1.62. The summed E-state index contributed by atoms with van der Waals surface area (Å²) in [5.74, 6) is -1.12. The average molecular weight is 526 g/mol. The molecule has 2 amide bonds. The van der Waals surface area contributed by atoms with Gasteiger partial charge in [-0.25, -0.2) is 12.7 Å². The first-order valence-corrected chi connectivity index (χ1v) is 13.6. The number of benzene rings is 2. The zero-order chi connectivity index (χ0) is 24.9. The summed E-state index contributed by atoms with van der Waals surface area (Å²) in [6, 6.07) is 11.8. The van der Waals surface area contributed by atoms with Gasteiger partial charge in [0, 0.05) is 40.7 Å². The molecule has 2 aromatic rings. The highest BCUT2D eigenvalue weighted by molar-refractivity contribution is 7.88. The minimum Gasteiger partial charge on any atom is -0.350 e. The summed E-state index contributed by atoms with van der Waals surface area (Å²) < 4.78 is 27.2. The molecule has 1 aliphatic heterocycles. The molecule has 0 spiro atoms. The van der Waals surface area contributed by atoms with E-state index in [0.717, 1.165) is 6.42 Å². The van der Waals surface area contributed by atoms with Crippen molar-refractivity contribution in [1.82, 2.24) is 9.62 Å². The van der Waals surface area contributed by atoms with Crippen molar-refractivity contribution >= 4 is 50.7 Å². The van der Waals surface area contributed by atoms with E-state index >= 15 is 0 Å². The summed E-state index contributed by atoms with van der Waals surface area (Å²) in [6.45, 7) is 4.34. The third-order valence-electron chi connectivity index (χ3n) is 6.03. The van der Waals surface area contributed by atoms with E-state index in [1.165, 1.54) is 4.31 Å². The number of amides is 2. The van der Waals surface area contributed by atoms with Crippen LogP contribution in [0.15, 0.2) is 42.5 Å². The van der Waals surface area contributed by atoms with E-state index in [4.69, 9.17) is 23.2 Å². The lowest BCUT2D eigenvalue weighted by Crippen LogP contribution is -2.42. The van der Waals surface area contributed by atoms with Crippen molar-refractivity contribution in [3.63, 3.8) is 0 Å². The Kier molecular flexibility index (Phi) is 8.98. The summed E-state index contributed by atoms with van der Waals surface area (Å²) in [5, 5.41) is 6.38. The highest BCUT2D eigenvalue weighted by Gasteiger charge is 2.32. The molecular weight excluding hydrogens is 497 g/mol. The number of piperidine rings is 1. The fraction of sp³-hybridized carbons (Fsp3) is 0.417. The van der Waals surface area contributed by atoms with Gasteiger partial charge in [0.2, 0.25) is 15.9 Å². The van der Waals surface area contributed by atoms with Crippen LogP contribution in [0.1, 0.15) is 49.0 Å². The SMILES string of the molecule is CC[C@@H](C)NC(=O)c1ccccc1NC(=O)C1CCN(S(=O)(=O)Cc2c(Cl)cccc2Cl)CC1. The van der Waals surface area contributed by atoms with Crippen LogP contribution in [-0.4, -0.2) is 43.7 Å². The van der Waals surface area contributed by atoms with Crippen molar-refractivity contribution in [1.29, 1.82) is 0 Å². The van der Waals surface area contributed by atoms with Crippen molar-refractivity contribution in [2.75, 3.05) is 18.4 Å². The highest BCUT2D eigenvalue weighted by atomic mass is 35.5. The number of nitrogens with one attached hydrogen (secondary N) is 2. The number of hydrogen-bond donors (Lipinski definition) is 2. The molecule has 0 aromatic heterocycles. The molecule has 10 heteroatoms. The van der Waals surface area contributed by atoms with Crippen LogP contribution >= 0.6 is 23.2 Å². The van der Waals surface area contributed by atoms with Gasteiger partial charge >= 0.3 is 0 Å². The third kappa shape index (κ3) is 6.50. The molecule has 1 aliphatic rings. The molecular formula is C24H29Cl2N3O4S. The van der Waals surface area contributed by atoms with Crippen LogP contribution in [0.4, 0.5) is 5.69 Å². The summed E-state index contributed by atoms with van der Waals surface area (Å²) >= 11 is 12.3. The minimum absolute atomic E-state index is 0.0168. The smallest absolute Gasteiger partial charge is 0.253 e. The van der Waals surface area contributed by atoms with E-state index < -0.39 is 10.0 Å². The number of halogens is 2. The first-order chi connectivity index (χ1) is 16.1. The van der Waals surface area contributed by atoms with Gasteiger partial charge in [0.1, 0.15) is 0 Å². The molecule has 1 heterocycles. The Labute approximate surface area is 210 Å². The molecule has 2 aromatic carbocycles. The summed E-state index contributed by atoms with van der Waals surface area (Å²) in [6.07, 6.45) is 1.55. The molecule has 184 valence electrons. The van der Waals surface area contributed by atoms with Gasteiger partial charge in [-0.15, -0.1) is 0 Å². The number of sulfonamides is 1. The van der Waals surface area contributed by atoms with Crippen LogP contribution < -0.4 is 10.6 Å². The Morgan fingerprint density at radius 1 is 1.06 bits per heavy atom. The van der Waals surface area contributed by atoms with Crippen molar-refractivity contribution in [3.05, 3.63) is 63.6 Å². The predicted molar refractivity (Wildman–Crippen MR) is 136 cm³/mol. The number of rotatable bonds is 8. The number of para-hydroxylation sites is 1. The molecule has 0 aliphatic carbocycles. The quantitative estimate of drug-likeness (QED) is 0.521. The Hall–Kier alpha value is -2.13. The Morgan fingerprint density at radius 2 is 1.68 bits per heavy atom. The molecule has 2 N–H and O–H groups in total. The lowest BCUT2D eigenvalue weighted by atomic mass is 9.97. The van der Waals surface area contributed by atoms with E-state index in [1.807, 2.05) is 13.8 Å². The molecule has 3 rings (SSSR count). The van der Waals surface area contributed by atoms with Crippen LogP contribution in [0.3, 0.4) is 0 Å². The van der Waals surface area contributed by atoms with E-state index in [0.29, 0.717) is 39.7 Å². The number of carbonyl (C=O) groups excluding carboxylic acids is 2. The monoisotopic (exact) mass is 525 g/mol. The molecule has 0 saturated carbocycles. The van der Waals surface area contributed by atoms with Gasteiger partial charge in [-0.2, -0.15) is 0 Å². The summed E-state index contributed by atoms with van der Waals surface area (Å²) in [5.41, 5.74) is 1.21. The van der Waals surface area contributed by atoms with Gasteiger partial charge in [-0.3, -0.25) is 9.59 Å². The normalized spacial score (nSPS) is 16.1. The van der Waals surface area contributed by atoms with Crippen molar-refractivity contribution < 1.29 is 18.0 Å². The van der Waals surface area contributed by atoms with Crippen LogP contribution in [-0.2, 0) is 20.6 Å². The van der Waals surface area contributed by atoms with E-state index in [9.17, 15) is 18.0 Å². The molecule has 0 radical (unpaired) electrons. The third-order valence-corrected chi connectivity index (χ3v) is 8.54. The maximum Gasteiger partial charge on any atom is 0.253 e. The topological polar surface area (TPSA) is 95.6 Å². The summed E-state index contributed by atoms with van der Waals surface area (Å²) in [7, 11) is -3.64. The first kappa shape index (κ1) is 26.5. The lowest BCUT2D eigenvalue weighted by molar-refractivity contribution is -0.120. The second-order valence-electron chi connectivity index (χ2n) is 8.45. The average Bonchev–Trinajstić information content (AvgIpc) is 2.81. The van der Waals surface area contributed by atoms with E-state index in [2.05, 4.69) is 10.6 Å². The largest absolute Gasteiger partial charge is 0.350 e. The second kappa shape index (κ2) is 11.5. The van der Waals surface area contributed by atoms with Crippen LogP contribution in [0.5, 0.6) is 0 Å². The molecule has 1 atom stereocenters. The molecule has 0 unspecified atom stereocenters. The first-order valence-electron chi connectivity index (χ1n) is 11.2. The van der Waals surface area contributed by atoms with Gasteiger partial charge in [0.05, 0.1) is 17.0 Å². The maximum absolute atomic E-state index is 12.9. The van der Waals surface area contributed by atoms with Gasteiger partial charge in [-0.05, 0) is 50.5 Å². The maximum atomic E-state index is 12.9. The van der Waals surface area contributed by atoms with Gasteiger partial charge < -0.3 is 10.6 Å². The lowest BCUT2D eigenvalue weighted by Gasteiger charge is -2.31. The second-order valence-corrected chi connectivity index (χ2v) is 11.2. The predicted octanol–water partition coefficient (Wildman–Crippen LogP) is 4.70. The molecule has 1 fully saturated rings. The number of carbonyl (C=O) groups is 2. The summed E-state index contributed by atoms with van der Waals surface area (Å²) in [4.78, 5) is 25.5. The molecule has 34 heavy (non-hydrogen) atoms. The van der Waals surface area contributed by atoms with E-state index in [1.54, 1.807) is 42.5 Å². The Morgan fingerprint density at radius 3 is 2.29 bits per heavy atom. The standard InChI is InChI=1S/C24H29Cl2N3O4S/c1-3-16(2)27-24(31)18-7-4-5-10-22(18)28-23(30)17-11-13-29(14-12-17)34(32,33)15-19-20(25)8-6-9-21(19)26/h4-10,16-17H,3,11-15H2,1-2H3,(H,27,31)(H,28,30)/t16-/m1/s1. The van der Waals surface area contributed by atoms with Crippen molar-refractivity contribution in [3.8, 4) is 0 Å². The van der Waals surface area contributed by atoms with Gasteiger partial charge in [0.15, 0.2) is 0 Å². The van der Waals surface area contributed by atoms with Gasteiger partial charge in [0.25, 0.3) is 5.91 Å². The number of anilines is 1. The van der Waals surface area contributed by atoms with Crippen molar-refractivity contribution in [2.45, 2.75) is 44.9 Å².